The van der Waals surface area contributed by atoms with Crippen LogP contribution in [0.2, 0.25) is 0 Å². The van der Waals surface area contributed by atoms with E-state index in [1.54, 1.807) is 6.07 Å². The van der Waals surface area contributed by atoms with Crippen molar-refractivity contribution in [2.75, 3.05) is 5.32 Å². The van der Waals surface area contributed by atoms with Crippen molar-refractivity contribution in [1.29, 1.82) is 0 Å². The van der Waals surface area contributed by atoms with Gasteiger partial charge < -0.3 is 14.8 Å². The first-order chi connectivity index (χ1) is 8.31. The summed E-state index contributed by atoms with van der Waals surface area (Å²) in [4.78, 5) is 0. The number of aliphatic hydroxyl groups is 1. The second-order valence-corrected chi connectivity index (χ2v) is 3.60. The first kappa shape index (κ1) is 11.3. The van der Waals surface area contributed by atoms with Crippen molar-refractivity contribution in [1.82, 2.24) is 0 Å². The molecule has 0 saturated carbocycles. The van der Waals surface area contributed by atoms with Gasteiger partial charge in [-0.05, 0) is 30.3 Å². The van der Waals surface area contributed by atoms with E-state index >= 15 is 0 Å². The van der Waals surface area contributed by atoms with Crippen LogP contribution in [0.3, 0.4) is 0 Å². The molecule has 0 saturated heterocycles. The number of furan rings is 1. The Morgan fingerprint density at radius 1 is 1.24 bits per heavy atom. The Balaban J connectivity index is 1.99. The summed E-state index contributed by atoms with van der Waals surface area (Å²) in [5, 5.41) is 12.1. The smallest absolute Gasteiger partial charge is 0.129 e. The second-order valence-electron chi connectivity index (χ2n) is 3.60. The van der Waals surface area contributed by atoms with Gasteiger partial charge in [0.25, 0.3) is 0 Å². The minimum atomic E-state index is -0.0768. The van der Waals surface area contributed by atoms with Crippen LogP contribution in [0.1, 0.15) is 17.1 Å². The zero-order valence-corrected chi connectivity index (χ0v) is 9.31. The average Bonchev–Trinajstić information content (AvgIpc) is 2.84. The Bertz CT molecular complexity index is 537. The van der Waals surface area contributed by atoms with Crippen LogP contribution in [-0.2, 0) is 13.2 Å². The van der Waals surface area contributed by atoms with Crippen LogP contribution < -0.4 is 5.32 Å². The number of terminal acetylenes is 1. The van der Waals surface area contributed by atoms with Gasteiger partial charge >= 0.3 is 0 Å². The fourth-order valence-electron chi connectivity index (χ4n) is 1.51. The summed E-state index contributed by atoms with van der Waals surface area (Å²) in [5.41, 5.74) is 1.79. The lowest BCUT2D eigenvalue weighted by Gasteiger charge is -2.04. The molecule has 0 aliphatic heterocycles. The molecule has 0 radical (unpaired) electrons. The van der Waals surface area contributed by atoms with Crippen molar-refractivity contribution < 1.29 is 9.52 Å². The quantitative estimate of drug-likeness (QED) is 0.788. The second kappa shape index (κ2) is 5.24. The summed E-state index contributed by atoms with van der Waals surface area (Å²) in [5.74, 6) is 3.93. The molecule has 1 aromatic heterocycles. The number of benzene rings is 1. The molecule has 0 aliphatic rings. The van der Waals surface area contributed by atoms with Crippen molar-refractivity contribution in [2.45, 2.75) is 13.2 Å². The molecule has 0 unspecified atom stereocenters. The number of rotatable bonds is 4. The Morgan fingerprint density at radius 2 is 2.06 bits per heavy atom. The molecule has 1 aromatic carbocycles. The molecule has 2 rings (SSSR count). The maximum absolute atomic E-state index is 8.87. The van der Waals surface area contributed by atoms with Gasteiger partial charge in [-0.3, -0.25) is 0 Å². The summed E-state index contributed by atoms with van der Waals surface area (Å²) < 4.78 is 5.36. The van der Waals surface area contributed by atoms with Gasteiger partial charge in [0, 0.05) is 11.3 Å². The minimum absolute atomic E-state index is 0.0768. The molecular formula is C14H13NO2. The summed E-state index contributed by atoms with van der Waals surface area (Å²) >= 11 is 0. The molecule has 0 spiro atoms. The van der Waals surface area contributed by atoms with Crippen LogP contribution >= 0.6 is 0 Å². The standard InChI is InChI=1S/C14H13NO2/c1-2-11-4-3-5-12(8-11)15-9-13-6-7-14(10-16)17-13/h1,3-8,15-16H,9-10H2. The van der Waals surface area contributed by atoms with Crippen LogP contribution in [0, 0.1) is 12.3 Å². The topological polar surface area (TPSA) is 45.4 Å². The molecule has 17 heavy (non-hydrogen) atoms. The molecule has 0 fully saturated rings. The van der Waals surface area contributed by atoms with E-state index in [0.717, 1.165) is 17.0 Å². The number of aliphatic hydroxyl groups excluding tert-OH is 1. The van der Waals surface area contributed by atoms with Gasteiger partial charge in [-0.2, -0.15) is 0 Å². The van der Waals surface area contributed by atoms with Gasteiger partial charge in [0.2, 0.25) is 0 Å². The molecular weight excluding hydrogens is 214 g/mol. The average molecular weight is 227 g/mol. The number of anilines is 1. The lowest BCUT2D eigenvalue weighted by atomic mass is 10.2. The van der Waals surface area contributed by atoms with Crippen molar-refractivity contribution in [3.8, 4) is 12.3 Å². The highest BCUT2D eigenvalue weighted by Crippen LogP contribution is 2.13. The first-order valence-corrected chi connectivity index (χ1v) is 5.31. The highest BCUT2D eigenvalue weighted by Gasteiger charge is 2.00. The van der Waals surface area contributed by atoms with Crippen molar-refractivity contribution in [3.63, 3.8) is 0 Å². The van der Waals surface area contributed by atoms with Crippen molar-refractivity contribution in [2.24, 2.45) is 0 Å². The van der Waals surface area contributed by atoms with E-state index in [2.05, 4.69) is 11.2 Å². The van der Waals surface area contributed by atoms with Crippen LogP contribution in [0.5, 0.6) is 0 Å². The normalized spacial score (nSPS) is 9.88. The predicted molar refractivity (Wildman–Crippen MR) is 66.3 cm³/mol. The van der Waals surface area contributed by atoms with Gasteiger partial charge in [0.05, 0.1) is 6.54 Å². The predicted octanol–water partition coefficient (Wildman–Crippen LogP) is 2.37. The van der Waals surface area contributed by atoms with E-state index in [0.29, 0.717) is 12.3 Å². The summed E-state index contributed by atoms with van der Waals surface area (Å²) in [6.07, 6.45) is 5.32. The van der Waals surface area contributed by atoms with E-state index in [9.17, 15) is 0 Å². The van der Waals surface area contributed by atoms with Crippen LogP contribution in [0.15, 0.2) is 40.8 Å². The zero-order chi connectivity index (χ0) is 12.1. The van der Waals surface area contributed by atoms with Gasteiger partial charge in [-0.25, -0.2) is 0 Å². The van der Waals surface area contributed by atoms with E-state index in [4.69, 9.17) is 15.9 Å². The Kier molecular flexibility index (Phi) is 3.49. The van der Waals surface area contributed by atoms with Crippen molar-refractivity contribution >= 4 is 5.69 Å². The minimum Gasteiger partial charge on any atom is -0.462 e. The molecule has 86 valence electrons. The lowest BCUT2D eigenvalue weighted by molar-refractivity contribution is 0.244. The van der Waals surface area contributed by atoms with Gasteiger partial charge in [-0.15, -0.1) is 6.42 Å². The lowest BCUT2D eigenvalue weighted by Crippen LogP contribution is -1.98. The van der Waals surface area contributed by atoms with Gasteiger partial charge in [0.15, 0.2) is 0 Å². The summed E-state index contributed by atoms with van der Waals surface area (Å²) in [6, 6.07) is 11.2. The first-order valence-electron chi connectivity index (χ1n) is 5.31. The SMILES string of the molecule is C#Cc1cccc(NCc2ccc(CO)o2)c1. The molecule has 3 heteroatoms. The molecule has 0 bridgehead atoms. The molecule has 0 atom stereocenters. The van der Waals surface area contributed by atoms with E-state index < -0.39 is 0 Å². The zero-order valence-electron chi connectivity index (χ0n) is 9.31. The highest BCUT2D eigenvalue weighted by atomic mass is 16.4. The van der Waals surface area contributed by atoms with Gasteiger partial charge in [0.1, 0.15) is 18.1 Å². The van der Waals surface area contributed by atoms with Gasteiger partial charge in [-0.1, -0.05) is 12.0 Å². The monoisotopic (exact) mass is 227 g/mol. The number of nitrogens with one attached hydrogen (secondary N) is 1. The molecule has 2 aromatic rings. The Hall–Kier alpha value is -2.18. The summed E-state index contributed by atoms with van der Waals surface area (Å²) in [6.45, 7) is 0.487. The maximum atomic E-state index is 8.87. The molecule has 1 heterocycles. The van der Waals surface area contributed by atoms with Crippen molar-refractivity contribution in [3.05, 3.63) is 53.5 Å². The van der Waals surface area contributed by atoms with E-state index in [1.165, 1.54) is 0 Å². The largest absolute Gasteiger partial charge is 0.462 e. The van der Waals surface area contributed by atoms with E-state index in [-0.39, 0.29) is 6.61 Å². The molecule has 0 aliphatic carbocycles. The molecule has 3 nitrogen and oxygen atoms in total. The van der Waals surface area contributed by atoms with Crippen LogP contribution in [0.4, 0.5) is 5.69 Å². The number of hydrogen-bond donors (Lipinski definition) is 2. The van der Waals surface area contributed by atoms with Crippen LogP contribution in [-0.4, -0.2) is 5.11 Å². The maximum Gasteiger partial charge on any atom is 0.129 e. The fraction of sp³-hybridized carbons (Fsp3) is 0.143. The van der Waals surface area contributed by atoms with Crippen LogP contribution in [0.25, 0.3) is 0 Å². The Morgan fingerprint density at radius 3 is 2.76 bits per heavy atom. The highest BCUT2D eigenvalue weighted by molar-refractivity contribution is 5.49. The fourth-order valence-corrected chi connectivity index (χ4v) is 1.51. The third kappa shape index (κ3) is 2.90. The molecule has 0 amide bonds. The molecule has 2 N–H and O–H groups in total. The number of hydrogen-bond acceptors (Lipinski definition) is 3. The van der Waals surface area contributed by atoms with E-state index in [1.807, 2.05) is 30.3 Å². The summed E-state index contributed by atoms with van der Waals surface area (Å²) in [7, 11) is 0. The third-order valence-electron chi connectivity index (χ3n) is 2.37. The third-order valence-corrected chi connectivity index (χ3v) is 2.37. The Labute approximate surface area is 100 Å².